The Morgan fingerprint density at radius 1 is 1.41 bits per heavy atom. The standard InChI is InChI=1S/C7H9F3O6S/c8-7(9,10)4-14-6(11)16-5-2-1-3-15-17(5,12)13/h5H,1-4H2. The van der Waals surface area contributed by atoms with Crippen LogP contribution in [0.15, 0.2) is 0 Å². The van der Waals surface area contributed by atoms with Crippen LogP contribution in [0.2, 0.25) is 0 Å². The Morgan fingerprint density at radius 3 is 2.59 bits per heavy atom. The van der Waals surface area contributed by atoms with Crippen LogP contribution in [-0.4, -0.2) is 39.4 Å². The zero-order valence-corrected chi connectivity index (χ0v) is 9.21. The summed E-state index contributed by atoms with van der Waals surface area (Å²) in [7, 11) is -4.08. The molecule has 0 amide bonds. The maximum Gasteiger partial charge on any atom is 0.509 e. The van der Waals surface area contributed by atoms with E-state index in [0.717, 1.165) is 0 Å². The average molecular weight is 278 g/mol. The van der Waals surface area contributed by atoms with Crippen molar-refractivity contribution in [2.45, 2.75) is 24.5 Å². The lowest BCUT2D eigenvalue weighted by molar-refractivity contribution is -0.166. The van der Waals surface area contributed by atoms with Crippen molar-refractivity contribution in [1.82, 2.24) is 0 Å². The number of carbonyl (C=O) groups is 1. The minimum absolute atomic E-state index is 0.0382. The van der Waals surface area contributed by atoms with Gasteiger partial charge in [-0.2, -0.15) is 21.6 Å². The number of ether oxygens (including phenoxy) is 2. The van der Waals surface area contributed by atoms with Crippen LogP contribution in [-0.2, 0) is 23.8 Å². The predicted octanol–water partition coefficient (Wildman–Crippen LogP) is 1.17. The first-order valence-corrected chi connectivity index (χ1v) is 5.96. The van der Waals surface area contributed by atoms with Crippen molar-refractivity contribution in [3.8, 4) is 0 Å². The molecule has 17 heavy (non-hydrogen) atoms. The topological polar surface area (TPSA) is 78.9 Å². The molecule has 0 saturated carbocycles. The van der Waals surface area contributed by atoms with E-state index in [4.69, 9.17) is 0 Å². The van der Waals surface area contributed by atoms with E-state index in [0.29, 0.717) is 6.42 Å². The molecule has 0 aromatic carbocycles. The van der Waals surface area contributed by atoms with E-state index >= 15 is 0 Å². The van der Waals surface area contributed by atoms with E-state index in [1.54, 1.807) is 0 Å². The van der Waals surface area contributed by atoms with Gasteiger partial charge in [0, 0.05) is 6.42 Å². The van der Waals surface area contributed by atoms with Crippen molar-refractivity contribution in [3.63, 3.8) is 0 Å². The van der Waals surface area contributed by atoms with Crippen molar-refractivity contribution >= 4 is 16.3 Å². The monoisotopic (exact) mass is 278 g/mol. The molecule has 100 valence electrons. The molecule has 6 nitrogen and oxygen atoms in total. The first kappa shape index (κ1) is 14.0. The highest BCUT2D eigenvalue weighted by Crippen LogP contribution is 2.20. The fourth-order valence-corrected chi connectivity index (χ4v) is 2.20. The van der Waals surface area contributed by atoms with Crippen molar-refractivity contribution in [1.29, 1.82) is 0 Å². The molecule has 0 radical (unpaired) electrons. The van der Waals surface area contributed by atoms with E-state index in [1.165, 1.54) is 0 Å². The van der Waals surface area contributed by atoms with Gasteiger partial charge in [-0.15, -0.1) is 0 Å². The van der Waals surface area contributed by atoms with Crippen LogP contribution in [0.1, 0.15) is 12.8 Å². The summed E-state index contributed by atoms with van der Waals surface area (Å²) < 4.78 is 69.6. The molecule has 1 unspecified atom stereocenters. The van der Waals surface area contributed by atoms with Crippen LogP contribution in [0.4, 0.5) is 18.0 Å². The van der Waals surface area contributed by atoms with Gasteiger partial charge >= 0.3 is 22.4 Å². The van der Waals surface area contributed by atoms with Gasteiger partial charge in [0.15, 0.2) is 6.61 Å². The molecule has 1 fully saturated rings. The molecule has 0 N–H and O–H groups in total. The van der Waals surface area contributed by atoms with Gasteiger partial charge in [-0.05, 0) is 6.42 Å². The number of rotatable bonds is 2. The van der Waals surface area contributed by atoms with Gasteiger partial charge in [0.05, 0.1) is 6.61 Å². The smallest absolute Gasteiger partial charge is 0.425 e. The largest absolute Gasteiger partial charge is 0.509 e. The lowest BCUT2D eigenvalue weighted by Crippen LogP contribution is -2.34. The highest BCUT2D eigenvalue weighted by Gasteiger charge is 2.35. The maximum atomic E-state index is 11.7. The molecule has 1 aliphatic rings. The molecule has 1 rings (SSSR count). The van der Waals surface area contributed by atoms with E-state index < -0.39 is 34.5 Å². The zero-order chi connectivity index (χ0) is 13.1. The maximum absolute atomic E-state index is 11.7. The zero-order valence-electron chi connectivity index (χ0n) is 8.40. The SMILES string of the molecule is O=C(OCC(F)(F)F)OC1CCCOS1(=O)=O. The molecular formula is C7H9F3O6S. The lowest BCUT2D eigenvalue weighted by atomic mass is 10.3. The Labute approximate surface area is 94.8 Å². The molecule has 1 heterocycles. The molecule has 0 aromatic heterocycles. The minimum atomic E-state index is -4.69. The van der Waals surface area contributed by atoms with Crippen LogP contribution in [0.25, 0.3) is 0 Å². The normalized spacial score (nSPS) is 24.1. The molecule has 0 aliphatic carbocycles. The molecule has 1 aliphatic heterocycles. The fourth-order valence-electron chi connectivity index (χ4n) is 1.05. The third-order valence-corrected chi connectivity index (χ3v) is 3.21. The molecule has 1 atom stereocenters. The quantitative estimate of drug-likeness (QED) is 0.557. The molecular weight excluding hydrogens is 269 g/mol. The molecule has 0 spiro atoms. The number of alkyl halides is 3. The van der Waals surface area contributed by atoms with Gasteiger partial charge in [-0.25, -0.2) is 4.79 Å². The van der Waals surface area contributed by atoms with Crippen LogP contribution < -0.4 is 0 Å². The van der Waals surface area contributed by atoms with Crippen molar-refractivity contribution in [3.05, 3.63) is 0 Å². The molecule has 1 saturated heterocycles. The van der Waals surface area contributed by atoms with Gasteiger partial charge in [0.25, 0.3) is 0 Å². The Morgan fingerprint density at radius 2 is 2.06 bits per heavy atom. The number of hydrogen-bond acceptors (Lipinski definition) is 6. The highest BCUT2D eigenvalue weighted by atomic mass is 32.2. The summed E-state index contributed by atoms with van der Waals surface area (Å²) in [5.41, 5.74) is -1.61. The molecule has 10 heteroatoms. The molecule has 0 bridgehead atoms. The van der Waals surface area contributed by atoms with Crippen LogP contribution in [0.3, 0.4) is 0 Å². The first-order valence-electron chi connectivity index (χ1n) is 4.49. The van der Waals surface area contributed by atoms with Gasteiger partial charge in [-0.1, -0.05) is 0 Å². The third-order valence-electron chi connectivity index (χ3n) is 1.74. The van der Waals surface area contributed by atoms with E-state index in [-0.39, 0.29) is 13.0 Å². The predicted molar refractivity (Wildman–Crippen MR) is 46.4 cm³/mol. The van der Waals surface area contributed by atoms with Gasteiger partial charge in [-0.3, -0.25) is 4.18 Å². The summed E-state index contributed by atoms with van der Waals surface area (Å²) in [5, 5.41) is 0. The van der Waals surface area contributed by atoms with Gasteiger partial charge in [0.2, 0.25) is 5.44 Å². The second-order valence-corrected chi connectivity index (χ2v) is 4.91. The summed E-state index contributed by atoms with van der Waals surface area (Å²) in [6.07, 6.45) is -6.11. The van der Waals surface area contributed by atoms with E-state index in [2.05, 4.69) is 13.7 Å². The molecule has 0 aromatic rings. The van der Waals surface area contributed by atoms with Gasteiger partial charge < -0.3 is 9.47 Å². The summed E-state index contributed by atoms with van der Waals surface area (Å²) in [6, 6.07) is 0. The average Bonchev–Trinajstić information content (AvgIpc) is 2.17. The fraction of sp³-hybridized carbons (Fsp3) is 0.857. The third kappa shape index (κ3) is 4.77. The Bertz CT molecular complexity index is 376. The van der Waals surface area contributed by atoms with E-state index in [1.807, 2.05) is 0 Å². The van der Waals surface area contributed by atoms with Crippen LogP contribution in [0, 0.1) is 0 Å². The van der Waals surface area contributed by atoms with E-state index in [9.17, 15) is 26.4 Å². The van der Waals surface area contributed by atoms with Gasteiger partial charge in [0.1, 0.15) is 0 Å². The van der Waals surface area contributed by atoms with Crippen LogP contribution >= 0.6 is 0 Å². The first-order chi connectivity index (χ1) is 7.71. The summed E-state index contributed by atoms with van der Waals surface area (Å²) >= 11 is 0. The second kappa shape index (κ2) is 5.08. The minimum Gasteiger partial charge on any atom is -0.425 e. The van der Waals surface area contributed by atoms with Crippen molar-refractivity contribution < 1.29 is 40.0 Å². The summed E-state index contributed by atoms with van der Waals surface area (Å²) in [6.45, 7) is -1.88. The highest BCUT2D eigenvalue weighted by molar-refractivity contribution is 7.87. The number of carbonyl (C=O) groups excluding carboxylic acids is 1. The van der Waals surface area contributed by atoms with Crippen molar-refractivity contribution in [2.24, 2.45) is 0 Å². The lowest BCUT2D eigenvalue weighted by Gasteiger charge is -2.21. The Kier molecular flexibility index (Phi) is 4.20. The Balaban J connectivity index is 2.45. The number of hydrogen-bond donors (Lipinski definition) is 0. The Hall–Kier alpha value is -1.03. The number of halogens is 3. The van der Waals surface area contributed by atoms with Crippen molar-refractivity contribution in [2.75, 3.05) is 13.2 Å². The van der Waals surface area contributed by atoms with Crippen LogP contribution in [0.5, 0.6) is 0 Å². The summed E-state index contributed by atoms with van der Waals surface area (Å²) in [4.78, 5) is 10.8. The summed E-state index contributed by atoms with van der Waals surface area (Å²) in [5.74, 6) is 0. The second-order valence-electron chi connectivity index (χ2n) is 3.16.